The van der Waals surface area contributed by atoms with Gasteiger partial charge in [-0.1, -0.05) is 24.2 Å². The van der Waals surface area contributed by atoms with Gasteiger partial charge in [0.2, 0.25) is 0 Å². The van der Waals surface area contributed by atoms with Crippen molar-refractivity contribution in [2.75, 3.05) is 30.7 Å². The molecule has 0 spiro atoms. The van der Waals surface area contributed by atoms with Gasteiger partial charge in [-0.2, -0.15) is 0 Å². The third kappa shape index (κ3) is 4.08. The van der Waals surface area contributed by atoms with Crippen LogP contribution in [0.2, 0.25) is 0 Å². The lowest BCUT2D eigenvalue weighted by Gasteiger charge is -2.11. The lowest BCUT2D eigenvalue weighted by molar-refractivity contribution is 0.0582. The normalized spacial score (nSPS) is 15.4. The third-order valence-electron chi connectivity index (χ3n) is 3.23. The first-order valence-corrected chi connectivity index (χ1v) is 7.92. The highest BCUT2D eigenvalue weighted by atomic mass is 32.1. The lowest BCUT2D eigenvalue weighted by atomic mass is 10.3. The highest BCUT2D eigenvalue weighted by molar-refractivity contribution is 7.18. The van der Waals surface area contributed by atoms with Crippen LogP contribution < -0.4 is 16.4 Å². The van der Waals surface area contributed by atoms with Crippen molar-refractivity contribution in [1.29, 1.82) is 0 Å². The van der Waals surface area contributed by atoms with Crippen molar-refractivity contribution >= 4 is 28.2 Å². The summed E-state index contributed by atoms with van der Waals surface area (Å²) >= 11 is 1.28. The first kappa shape index (κ1) is 15.1. The highest BCUT2D eigenvalue weighted by Gasteiger charge is 2.17. The van der Waals surface area contributed by atoms with E-state index in [0.717, 1.165) is 19.4 Å². The van der Waals surface area contributed by atoms with Gasteiger partial charge in [-0.15, -0.1) is 0 Å². The van der Waals surface area contributed by atoms with Crippen LogP contribution in [0.25, 0.3) is 0 Å². The molecule has 2 rings (SSSR count). The number of ether oxygens (including phenoxy) is 1. The maximum absolute atomic E-state index is 12.0. The molecule has 1 aliphatic carbocycles. The van der Waals surface area contributed by atoms with Crippen molar-refractivity contribution in [2.45, 2.75) is 38.7 Å². The zero-order chi connectivity index (χ0) is 14.4. The minimum absolute atomic E-state index is 0.181. The van der Waals surface area contributed by atoms with Crippen molar-refractivity contribution < 1.29 is 9.53 Å². The number of carbonyl (C=O) groups is 1. The summed E-state index contributed by atoms with van der Waals surface area (Å²) in [5.41, 5.74) is 5.74. The minimum atomic E-state index is -0.181. The molecule has 1 aromatic heterocycles. The van der Waals surface area contributed by atoms with E-state index in [0.29, 0.717) is 29.3 Å². The summed E-state index contributed by atoms with van der Waals surface area (Å²) in [5.74, 6) is 0.0966. The van der Waals surface area contributed by atoms with Crippen LogP contribution in [-0.2, 0) is 4.74 Å². The second-order valence-electron chi connectivity index (χ2n) is 4.80. The van der Waals surface area contributed by atoms with Gasteiger partial charge in [-0.3, -0.25) is 4.79 Å². The molecule has 0 radical (unpaired) electrons. The number of nitrogen functional groups attached to an aromatic ring is 1. The number of aromatic nitrogens is 1. The number of amides is 1. The number of nitrogens with zero attached hydrogens (tertiary/aromatic N) is 1. The molecule has 1 saturated carbocycles. The van der Waals surface area contributed by atoms with E-state index in [-0.39, 0.29) is 11.7 Å². The van der Waals surface area contributed by atoms with Crippen LogP contribution in [0.15, 0.2) is 0 Å². The third-order valence-corrected chi connectivity index (χ3v) is 4.26. The molecule has 0 unspecified atom stereocenters. The molecule has 20 heavy (non-hydrogen) atoms. The molecule has 1 aromatic rings. The summed E-state index contributed by atoms with van der Waals surface area (Å²) in [6, 6.07) is 0. The predicted octanol–water partition coefficient (Wildman–Crippen LogP) is 1.85. The molecule has 0 aromatic carbocycles. The van der Waals surface area contributed by atoms with Crippen molar-refractivity contribution in [3.63, 3.8) is 0 Å². The van der Waals surface area contributed by atoms with E-state index in [1.807, 2.05) is 6.92 Å². The summed E-state index contributed by atoms with van der Waals surface area (Å²) in [7, 11) is 0. The molecule has 1 fully saturated rings. The molecule has 0 aliphatic heterocycles. The van der Waals surface area contributed by atoms with Gasteiger partial charge in [-0.25, -0.2) is 4.98 Å². The molecule has 1 heterocycles. The zero-order valence-corrected chi connectivity index (χ0v) is 12.6. The number of thiazole rings is 1. The fourth-order valence-electron chi connectivity index (χ4n) is 2.25. The minimum Gasteiger partial charge on any atom is -0.382 e. The first-order chi connectivity index (χ1) is 9.70. The van der Waals surface area contributed by atoms with Gasteiger partial charge in [0, 0.05) is 13.1 Å². The van der Waals surface area contributed by atoms with Crippen LogP contribution in [-0.4, -0.2) is 36.7 Å². The van der Waals surface area contributed by atoms with E-state index in [1.165, 1.54) is 24.2 Å². The molecule has 7 heteroatoms. The van der Waals surface area contributed by atoms with Crippen LogP contribution in [0.3, 0.4) is 0 Å². The molecule has 1 aliphatic rings. The Morgan fingerprint density at radius 3 is 2.95 bits per heavy atom. The Bertz CT molecular complexity index is 444. The second-order valence-corrected chi connectivity index (χ2v) is 5.80. The van der Waals surface area contributed by atoms with Gasteiger partial charge in [0.25, 0.3) is 5.91 Å². The molecule has 0 bridgehead atoms. The van der Waals surface area contributed by atoms with E-state index in [4.69, 9.17) is 10.5 Å². The Kier molecular flexibility index (Phi) is 5.60. The van der Waals surface area contributed by atoms with Gasteiger partial charge in [0.05, 0.1) is 12.7 Å². The molecular formula is C13H22N4O2S. The van der Waals surface area contributed by atoms with Gasteiger partial charge in [0.1, 0.15) is 10.7 Å². The molecule has 0 saturated heterocycles. The number of anilines is 2. The largest absolute Gasteiger partial charge is 0.382 e. The van der Waals surface area contributed by atoms with Crippen molar-refractivity contribution in [3.8, 4) is 0 Å². The van der Waals surface area contributed by atoms with Crippen molar-refractivity contribution in [1.82, 2.24) is 10.3 Å². The fraction of sp³-hybridized carbons (Fsp3) is 0.692. The van der Waals surface area contributed by atoms with Crippen LogP contribution in [0.1, 0.15) is 42.3 Å². The first-order valence-electron chi connectivity index (χ1n) is 7.10. The molecular weight excluding hydrogens is 276 g/mol. The average molecular weight is 298 g/mol. The number of hydrogen-bond donors (Lipinski definition) is 3. The van der Waals surface area contributed by atoms with E-state index >= 15 is 0 Å². The Balaban J connectivity index is 1.73. The van der Waals surface area contributed by atoms with E-state index in [1.54, 1.807) is 0 Å². The number of hydrogen-bond acceptors (Lipinski definition) is 6. The predicted molar refractivity (Wildman–Crippen MR) is 81.2 cm³/mol. The Morgan fingerprint density at radius 2 is 2.25 bits per heavy atom. The Hall–Kier alpha value is -1.34. The van der Waals surface area contributed by atoms with Crippen molar-refractivity contribution in [3.05, 3.63) is 4.88 Å². The number of nitrogens with two attached hydrogens (primary N) is 1. The Labute approximate surface area is 123 Å². The van der Waals surface area contributed by atoms with Crippen LogP contribution in [0.5, 0.6) is 0 Å². The summed E-state index contributed by atoms with van der Waals surface area (Å²) < 4.78 is 5.69. The highest BCUT2D eigenvalue weighted by Crippen LogP contribution is 2.24. The summed E-state index contributed by atoms with van der Waals surface area (Å²) in [4.78, 5) is 16.5. The monoisotopic (exact) mass is 298 g/mol. The van der Waals surface area contributed by atoms with Crippen LogP contribution >= 0.6 is 11.3 Å². The van der Waals surface area contributed by atoms with Crippen LogP contribution in [0.4, 0.5) is 10.9 Å². The van der Waals surface area contributed by atoms with Gasteiger partial charge in [-0.05, 0) is 19.8 Å². The van der Waals surface area contributed by atoms with Crippen molar-refractivity contribution in [2.24, 2.45) is 0 Å². The van der Waals surface area contributed by atoms with E-state index in [9.17, 15) is 4.79 Å². The summed E-state index contributed by atoms with van der Waals surface area (Å²) in [6.45, 7) is 3.78. The van der Waals surface area contributed by atoms with Crippen LogP contribution in [0, 0.1) is 0 Å². The second kappa shape index (κ2) is 7.44. The number of carbonyl (C=O) groups excluding carboxylic acids is 1. The zero-order valence-electron chi connectivity index (χ0n) is 11.8. The van der Waals surface area contributed by atoms with E-state index < -0.39 is 0 Å². The number of nitrogens with one attached hydrogen (secondary N) is 2. The molecule has 4 N–H and O–H groups in total. The average Bonchev–Trinajstić information content (AvgIpc) is 3.05. The van der Waals surface area contributed by atoms with Gasteiger partial charge in [0.15, 0.2) is 5.13 Å². The van der Waals surface area contributed by atoms with Gasteiger partial charge < -0.3 is 21.1 Å². The molecule has 1 amide bonds. The smallest absolute Gasteiger partial charge is 0.265 e. The van der Waals surface area contributed by atoms with Gasteiger partial charge >= 0.3 is 0 Å². The maximum Gasteiger partial charge on any atom is 0.265 e. The summed E-state index contributed by atoms with van der Waals surface area (Å²) in [5, 5.41) is 6.55. The topological polar surface area (TPSA) is 89.3 Å². The SMILES string of the molecule is CCNc1nc(N)c(C(=O)NCCOC2CCCC2)s1. The molecule has 0 atom stereocenters. The molecule has 112 valence electrons. The molecule has 6 nitrogen and oxygen atoms in total. The standard InChI is InChI=1S/C13H22N4O2S/c1-2-15-13-17-11(14)10(20-13)12(18)16-7-8-19-9-5-3-4-6-9/h9H,2-8,14H2,1H3,(H,15,17)(H,16,18). The fourth-order valence-corrected chi connectivity index (χ4v) is 3.12. The quantitative estimate of drug-likeness (QED) is 0.668. The maximum atomic E-state index is 12.0. The Morgan fingerprint density at radius 1 is 1.50 bits per heavy atom. The van der Waals surface area contributed by atoms with E-state index in [2.05, 4.69) is 15.6 Å². The summed E-state index contributed by atoms with van der Waals surface area (Å²) in [6.07, 6.45) is 5.16. The number of rotatable bonds is 7. The lowest BCUT2D eigenvalue weighted by Crippen LogP contribution is -2.28.